The van der Waals surface area contributed by atoms with Gasteiger partial charge in [0.2, 0.25) is 5.90 Å². The van der Waals surface area contributed by atoms with Crippen molar-refractivity contribution in [2.24, 2.45) is 4.99 Å². The van der Waals surface area contributed by atoms with E-state index in [-0.39, 0.29) is 5.60 Å². The van der Waals surface area contributed by atoms with Crippen molar-refractivity contribution in [3.05, 3.63) is 35.4 Å². The van der Waals surface area contributed by atoms with Crippen LogP contribution in [0.4, 0.5) is 0 Å². The molecule has 74 valence electrons. The first-order valence-electron chi connectivity index (χ1n) is 4.87. The van der Waals surface area contributed by atoms with Crippen molar-refractivity contribution in [3.63, 3.8) is 0 Å². The molecule has 2 heteroatoms. The first-order valence-corrected chi connectivity index (χ1v) is 4.87. The number of ether oxygens (including phenoxy) is 1. The second-order valence-electron chi connectivity index (χ2n) is 4.35. The summed E-state index contributed by atoms with van der Waals surface area (Å²) in [4.78, 5) is 4.38. The Kier molecular flexibility index (Phi) is 2.06. The number of benzene rings is 1. The van der Waals surface area contributed by atoms with Crippen LogP contribution in [0.25, 0.3) is 0 Å². The molecule has 2 nitrogen and oxygen atoms in total. The Bertz CT molecular complexity index is 362. The quantitative estimate of drug-likeness (QED) is 0.665. The molecule has 0 amide bonds. The van der Waals surface area contributed by atoms with E-state index >= 15 is 0 Å². The van der Waals surface area contributed by atoms with Crippen LogP contribution in [0.1, 0.15) is 25.0 Å². The van der Waals surface area contributed by atoms with Crippen molar-refractivity contribution in [1.29, 1.82) is 0 Å². The molecule has 2 rings (SSSR count). The third-order valence-electron chi connectivity index (χ3n) is 2.27. The van der Waals surface area contributed by atoms with Gasteiger partial charge in [0.05, 0.1) is 6.54 Å². The molecule has 0 saturated heterocycles. The molecule has 1 aromatic rings. The predicted molar refractivity (Wildman–Crippen MR) is 57.7 cm³/mol. The van der Waals surface area contributed by atoms with Gasteiger partial charge in [0.1, 0.15) is 5.60 Å². The maximum Gasteiger partial charge on any atom is 0.216 e. The second-order valence-corrected chi connectivity index (χ2v) is 4.35. The van der Waals surface area contributed by atoms with Gasteiger partial charge in [-0.15, -0.1) is 0 Å². The molecular weight excluding hydrogens is 174 g/mol. The summed E-state index contributed by atoms with van der Waals surface area (Å²) in [6.45, 7) is 6.93. The van der Waals surface area contributed by atoms with Crippen LogP contribution in [0.2, 0.25) is 0 Å². The summed E-state index contributed by atoms with van der Waals surface area (Å²) in [5, 5.41) is 0. The average Bonchev–Trinajstić information content (AvgIpc) is 2.47. The molecule has 0 unspecified atom stereocenters. The monoisotopic (exact) mass is 189 g/mol. The maximum atomic E-state index is 5.72. The van der Waals surface area contributed by atoms with Gasteiger partial charge in [-0.1, -0.05) is 17.7 Å². The largest absolute Gasteiger partial charge is 0.469 e. The second kappa shape index (κ2) is 3.12. The topological polar surface area (TPSA) is 21.6 Å². The molecule has 0 radical (unpaired) electrons. The van der Waals surface area contributed by atoms with E-state index in [1.54, 1.807) is 0 Å². The van der Waals surface area contributed by atoms with Gasteiger partial charge in [0.25, 0.3) is 0 Å². The lowest BCUT2D eigenvalue weighted by atomic mass is 10.1. The predicted octanol–water partition coefficient (Wildman–Crippen LogP) is 2.55. The Morgan fingerprint density at radius 2 is 1.86 bits per heavy atom. The lowest BCUT2D eigenvalue weighted by Crippen LogP contribution is -2.24. The summed E-state index contributed by atoms with van der Waals surface area (Å²) in [5.41, 5.74) is 2.19. The fraction of sp³-hybridized carbons (Fsp3) is 0.417. The van der Waals surface area contributed by atoms with E-state index in [1.165, 1.54) is 5.56 Å². The average molecular weight is 189 g/mol. The zero-order valence-corrected chi connectivity index (χ0v) is 8.87. The number of nitrogens with zero attached hydrogens (tertiary/aromatic N) is 1. The van der Waals surface area contributed by atoms with E-state index in [2.05, 4.69) is 50.0 Å². The van der Waals surface area contributed by atoms with Crippen LogP contribution in [-0.2, 0) is 4.74 Å². The Balaban J connectivity index is 2.22. The van der Waals surface area contributed by atoms with Crippen molar-refractivity contribution < 1.29 is 4.74 Å². The van der Waals surface area contributed by atoms with Crippen molar-refractivity contribution in [1.82, 2.24) is 0 Å². The first-order chi connectivity index (χ1) is 6.57. The van der Waals surface area contributed by atoms with Crippen molar-refractivity contribution in [2.45, 2.75) is 26.4 Å². The Morgan fingerprint density at radius 1 is 1.21 bits per heavy atom. The minimum Gasteiger partial charge on any atom is -0.469 e. The number of rotatable bonds is 1. The molecule has 1 heterocycles. The van der Waals surface area contributed by atoms with Gasteiger partial charge in [-0.05, 0) is 32.9 Å². The summed E-state index contributed by atoms with van der Waals surface area (Å²) < 4.78 is 5.72. The van der Waals surface area contributed by atoms with Gasteiger partial charge in [-0.3, -0.25) is 0 Å². The van der Waals surface area contributed by atoms with Gasteiger partial charge in [-0.2, -0.15) is 0 Å². The normalized spacial score (nSPS) is 18.9. The van der Waals surface area contributed by atoms with Gasteiger partial charge in [0.15, 0.2) is 0 Å². The van der Waals surface area contributed by atoms with E-state index in [0.29, 0.717) is 0 Å². The molecule has 0 bridgehead atoms. The highest BCUT2D eigenvalue weighted by Crippen LogP contribution is 2.20. The van der Waals surface area contributed by atoms with Crippen LogP contribution in [0.5, 0.6) is 0 Å². The Morgan fingerprint density at radius 3 is 2.36 bits per heavy atom. The number of hydrogen-bond acceptors (Lipinski definition) is 2. The molecule has 14 heavy (non-hydrogen) atoms. The smallest absolute Gasteiger partial charge is 0.216 e. The van der Waals surface area contributed by atoms with Crippen molar-refractivity contribution in [3.8, 4) is 0 Å². The highest BCUT2D eigenvalue weighted by atomic mass is 16.5. The Labute approximate surface area is 84.6 Å². The lowest BCUT2D eigenvalue weighted by Gasteiger charge is -2.17. The van der Waals surface area contributed by atoms with Crippen LogP contribution in [0.15, 0.2) is 29.3 Å². The molecule has 0 spiro atoms. The van der Waals surface area contributed by atoms with Gasteiger partial charge in [0, 0.05) is 5.56 Å². The fourth-order valence-electron chi connectivity index (χ4n) is 1.43. The highest BCUT2D eigenvalue weighted by molar-refractivity contribution is 5.95. The van der Waals surface area contributed by atoms with E-state index in [1.807, 2.05) is 0 Å². The minimum atomic E-state index is -0.139. The number of aliphatic imine (C=N–C) groups is 1. The lowest BCUT2D eigenvalue weighted by molar-refractivity contribution is 0.131. The SMILES string of the molecule is Cc1ccc(C2=NCC(C)(C)O2)cc1. The number of hydrogen-bond donors (Lipinski definition) is 0. The van der Waals surface area contributed by atoms with Crippen LogP contribution in [-0.4, -0.2) is 18.0 Å². The van der Waals surface area contributed by atoms with E-state index in [0.717, 1.165) is 18.0 Å². The van der Waals surface area contributed by atoms with Gasteiger partial charge in [-0.25, -0.2) is 4.99 Å². The van der Waals surface area contributed by atoms with E-state index < -0.39 is 0 Å². The fourth-order valence-corrected chi connectivity index (χ4v) is 1.43. The summed E-state index contributed by atoms with van der Waals surface area (Å²) >= 11 is 0. The van der Waals surface area contributed by atoms with Crippen molar-refractivity contribution in [2.75, 3.05) is 6.54 Å². The number of aryl methyl sites for hydroxylation is 1. The molecule has 0 N–H and O–H groups in total. The molecular formula is C12H15NO. The molecule has 1 aliphatic heterocycles. The Hall–Kier alpha value is -1.31. The maximum absolute atomic E-state index is 5.72. The standard InChI is InChI=1S/C12H15NO/c1-9-4-6-10(7-5-9)11-13-8-12(2,3)14-11/h4-7H,8H2,1-3H3. The molecule has 0 saturated carbocycles. The molecule has 1 aliphatic rings. The first kappa shape index (κ1) is 9.25. The summed E-state index contributed by atoms with van der Waals surface area (Å²) in [5.74, 6) is 0.773. The zero-order valence-electron chi connectivity index (χ0n) is 8.87. The van der Waals surface area contributed by atoms with Crippen LogP contribution in [0.3, 0.4) is 0 Å². The molecule has 0 aromatic heterocycles. The minimum absolute atomic E-state index is 0.139. The van der Waals surface area contributed by atoms with Crippen LogP contribution in [0, 0.1) is 6.92 Å². The van der Waals surface area contributed by atoms with E-state index in [9.17, 15) is 0 Å². The van der Waals surface area contributed by atoms with E-state index in [4.69, 9.17) is 4.74 Å². The third-order valence-corrected chi connectivity index (χ3v) is 2.27. The molecule has 0 aliphatic carbocycles. The summed E-state index contributed by atoms with van der Waals surface area (Å²) in [6.07, 6.45) is 0. The van der Waals surface area contributed by atoms with Crippen LogP contribution < -0.4 is 0 Å². The highest BCUT2D eigenvalue weighted by Gasteiger charge is 2.27. The molecule has 0 atom stereocenters. The van der Waals surface area contributed by atoms with Crippen molar-refractivity contribution >= 4 is 5.90 Å². The van der Waals surface area contributed by atoms with Crippen LogP contribution >= 0.6 is 0 Å². The third kappa shape index (κ3) is 1.79. The molecule has 0 fully saturated rings. The summed E-state index contributed by atoms with van der Waals surface area (Å²) in [6, 6.07) is 8.25. The summed E-state index contributed by atoms with van der Waals surface area (Å²) in [7, 11) is 0. The van der Waals surface area contributed by atoms with Gasteiger partial charge < -0.3 is 4.74 Å². The zero-order chi connectivity index (χ0) is 10.2. The van der Waals surface area contributed by atoms with Gasteiger partial charge >= 0.3 is 0 Å². The molecule has 1 aromatic carbocycles.